The number of methoxy groups -OCH3 is 1. The number of benzene rings is 1. The fourth-order valence-corrected chi connectivity index (χ4v) is 2.00. The molecule has 3 N–H and O–H groups in total. The van der Waals surface area contributed by atoms with Crippen molar-refractivity contribution in [1.82, 2.24) is 5.16 Å². The zero-order valence-corrected chi connectivity index (χ0v) is 11.5. The van der Waals surface area contributed by atoms with Crippen LogP contribution in [-0.2, 0) is 5.41 Å². The number of nitrogens with two attached hydrogens (primary N) is 1. The molecule has 0 atom stereocenters. The van der Waals surface area contributed by atoms with Crippen molar-refractivity contribution < 1.29 is 14.4 Å². The molecule has 0 amide bonds. The van der Waals surface area contributed by atoms with Gasteiger partial charge in [0.25, 0.3) is 0 Å². The van der Waals surface area contributed by atoms with Gasteiger partial charge in [0, 0.05) is 11.1 Å². The van der Waals surface area contributed by atoms with Crippen molar-refractivity contribution in [2.75, 3.05) is 12.8 Å². The molecular weight excluding hydrogens is 244 g/mol. The van der Waals surface area contributed by atoms with Crippen molar-refractivity contribution in [1.29, 1.82) is 0 Å². The van der Waals surface area contributed by atoms with E-state index in [0.29, 0.717) is 16.9 Å². The number of rotatable bonds is 2. The highest BCUT2D eigenvalue weighted by Crippen LogP contribution is 2.41. The molecule has 102 valence electrons. The highest BCUT2D eigenvalue weighted by Gasteiger charge is 2.22. The van der Waals surface area contributed by atoms with Crippen LogP contribution in [0.4, 0.5) is 5.88 Å². The second kappa shape index (κ2) is 4.50. The summed E-state index contributed by atoms with van der Waals surface area (Å²) in [4.78, 5) is 0. The van der Waals surface area contributed by atoms with E-state index < -0.39 is 0 Å². The summed E-state index contributed by atoms with van der Waals surface area (Å²) in [5.74, 6) is 1.02. The summed E-state index contributed by atoms with van der Waals surface area (Å²) in [5.41, 5.74) is 7.59. The zero-order valence-electron chi connectivity index (χ0n) is 11.5. The number of nitrogen functional groups attached to an aromatic ring is 1. The van der Waals surface area contributed by atoms with Crippen LogP contribution in [0.5, 0.6) is 11.5 Å². The Bertz CT molecular complexity index is 597. The second-order valence-corrected chi connectivity index (χ2v) is 5.42. The molecule has 5 nitrogen and oxygen atoms in total. The number of phenols is 1. The molecular formula is C14H18N2O3. The first-order valence-electron chi connectivity index (χ1n) is 5.96. The molecule has 5 heteroatoms. The monoisotopic (exact) mass is 262 g/mol. The van der Waals surface area contributed by atoms with E-state index in [4.69, 9.17) is 15.0 Å². The minimum absolute atomic E-state index is 0.184. The number of aromatic nitrogens is 1. The minimum atomic E-state index is -0.184. The van der Waals surface area contributed by atoms with E-state index in [1.54, 1.807) is 13.2 Å². The van der Waals surface area contributed by atoms with E-state index in [1.165, 1.54) is 6.20 Å². The highest BCUT2D eigenvalue weighted by molar-refractivity contribution is 5.79. The Morgan fingerprint density at radius 3 is 2.42 bits per heavy atom. The van der Waals surface area contributed by atoms with E-state index >= 15 is 0 Å². The standard InChI is InChI=1S/C14H18N2O3/c1-14(2,3)10-6-12(18-4)8(5-11(10)17)9-7-16-19-13(9)15/h5-7,17H,15H2,1-4H3. The quantitative estimate of drug-likeness (QED) is 0.869. The van der Waals surface area contributed by atoms with E-state index in [9.17, 15) is 5.11 Å². The molecule has 0 aliphatic rings. The Morgan fingerprint density at radius 1 is 1.26 bits per heavy atom. The molecule has 2 rings (SSSR count). The van der Waals surface area contributed by atoms with Gasteiger partial charge in [0.1, 0.15) is 11.5 Å². The van der Waals surface area contributed by atoms with Crippen LogP contribution in [0.3, 0.4) is 0 Å². The van der Waals surface area contributed by atoms with Gasteiger partial charge in [0.15, 0.2) is 0 Å². The van der Waals surface area contributed by atoms with E-state index in [2.05, 4.69) is 5.16 Å². The van der Waals surface area contributed by atoms with Gasteiger partial charge in [-0.25, -0.2) is 0 Å². The van der Waals surface area contributed by atoms with Crippen molar-refractivity contribution in [3.8, 4) is 22.6 Å². The van der Waals surface area contributed by atoms with Crippen molar-refractivity contribution in [3.05, 3.63) is 23.9 Å². The van der Waals surface area contributed by atoms with Crippen molar-refractivity contribution in [2.45, 2.75) is 26.2 Å². The topological polar surface area (TPSA) is 81.5 Å². The number of aromatic hydroxyl groups is 1. The predicted molar refractivity (Wildman–Crippen MR) is 73.3 cm³/mol. The molecule has 0 radical (unpaired) electrons. The lowest BCUT2D eigenvalue weighted by atomic mass is 9.85. The molecule has 0 saturated heterocycles. The third-order valence-electron chi connectivity index (χ3n) is 3.01. The molecule has 0 bridgehead atoms. The molecule has 1 aromatic heterocycles. The third-order valence-corrected chi connectivity index (χ3v) is 3.01. The Labute approximate surface area is 112 Å². The first-order valence-corrected chi connectivity index (χ1v) is 5.96. The van der Waals surface area contributed by atoms with E-state index in [-0.39, 0.29) is 17.0 Å². The molecule has 19 heavy (non-hydrogen) atoms. The minimum Gasteiger partial charge on any atom is -0.508 e. The predicted octanol–water partition coefficient (Wildman–Crippen LogP) is 2.94. The smallest absolute Gasteiger partial charge is 0.230 e. The average molecular weight is 262 g/mol. The highest BCUT2D eigenvalue weighted by atomic mass is 16.5. The summed E-state index contributed by atoms with van der Waals surface area (Å²) >= 11 is 0. The first kappa shape index (κ1) is 13.3. The number of phenolic OH excluding ortho intramolecular Hbond substituents is 1. The Morgan fingerprint density at radius 2 is 1.95 bits per heavy atom. The van der Waals surface area contributed by atoms with Crippen LogP contribution in [0.2, 0.25) is 0 Å². The third kappa shape index (κ3) is 2.36. The molecule has 0 aliphatic heterocycles. The second-order valence-electron chi connectivity index (χ2n) is 5.42. The maximum atomic E-state index is 10.2. The summed E-state index contributed by atoms with van der Waals surface area (Å²) < 4.78 is 10.2. The Hall–Kier alpha value is -2.17. The molecule has 0 fully saturated rings. The summed E-state index contributed by atoms with van der Waals surface area (Å²) in [7, 11) is 1.58. The summed E-state index contributed by atoms with van der Waals surface area (Å²) in [6.45, 7) is 6.07. The number of anilines is 1. The van der Waals surface area contributed by atoms with Gasteiger partial charge in [-0.1, -0.05) is 25.9 Å². The van der Waals surface area contributed by atoms with E-state index in [1.807, 2.05) is 26.8 Å². The molecule has 2 aromatic rings. The number of hydrogen-bond acceptors (Lipinski definition) is 5. The van der Waals surface area contributed by atoms with Crippen LogP contribution in [0.15, 0.2) is 22.9 Å². The number of hydrogen-bond donors (Lipinski definition) is 2. The van der Waals surface area contributed by atoms with Gasteiger partial charge in [0.05, 0.1) is 18.9 Å². The van der Waals surface area contributed by atoms with Crippen LogP contribution in [0.25, 0.3) is 11.1 Å². The normalized spacial score (nSPS) is 11.6. The van der Waals surface area contributed by atoms with Gasteiger partial charge in [-0.15, -0.1) is 0 Å². The lowest BCUT2D eigenvalue weighted by Crippen LogP contribution is -2.11. The lowest BCUT2D eigenvalue weighted by molar-refractivity contribution is 0.407. The van der Waals surface area contributed by atoms with Crippen LogP contribution >= 0.6 is 0 Å². The van der Waals surface area contributed by atoms with Crippen LogP contribution < -0.4 is 10.5 Å². The van der Waals surface area contributed by atoms with Gasteiger partial charge < -0.3 is 20.1 Å². The van der Waals surface area contributed by atoms with E-state index in [0.717, 1.165) is 5.56 Å². The van der Waals surface area contributed by atoms with Crippen LogP contribution in [0.1, 0.15) is 26.3 Å². The average Bonchev–Trinajstić information content (AvgIpc) is 2.73. The SMILES string of the molecule is COc1cc(C(C)(C)C)c(O)cc1-c1cnoc1N. The lowest BCUT2D eigenvalue weighted by Gasteiger charge is -2.22. The largest absolute Gasteiger partial charge is 0.508 e. The maximum absolute atomic E-state index is 10.2. The Kier molecular flexibility index (Phi) is 3.14. The summed E-state index contributed by atoms with van der Waals surface area (Å²) in [5, 5.41) is 13.8. The number of nitrogens with zero attached hydrogens (tertiary/aromatic N) is 1. The molecule has 1 heterocycles. The first-order chi connectivity index (χ1) is 8.84. The van der Waals surface area contributed by atoms with Gasteiger partial charge in [-0.2, -0.15) is 0 Å². The fourth-order valence-electron chi connectivity index (χ4n) is 2.00. The van der Waals surface area contributed by atoms with Crippen molar-refractivity contribution >= 4 is 5.88 Å². The van der Waals surface area contributed by atoms with Crippen LogP contribution in [-0.4, -0.2) is 17.4 Å². The molecule has 0 aliphatic carbocycles. The van der Waals surface area contributed by atoms with Crippen molar-refractivity contribution in [2.24, 2.45) is 0 Å². The molecule has 0 spiro atoms. The van der Waals surface area contributed by atoms with Gasteiger partial charge in [0.2, 0.25) is 5.88 Å². The zero-order chi connectivity index (χ0) is 14.2. The summed E-state index contributed by atoms with van der Waals surface area (Å²) in [6, 6.07) is 3.44. The van der Waals surface area contributed by atoms with Gasteiger partial charge >= 0.3 is 0 Å². The molecule has 1 aromatic carbocycles. The maximum Gasteiger partial charge on any atom is 0.230 e. The van der Waals surface area contributed by atoms with Gasteiger partial charge in [-0.05, 0) is 17.5 Å². The Balaban J connectivity index is 2.65. The fraction of sp³-hybridized carbons (Fsp3) is 0.357. The molecule has 0 saturated carbocycles. The van der Waals surface area contributed by atoms with Gasteiger partial charge in [-0.3, -0.25) is 0 Å². The molecule has 0 unspecified atom stereocenters. The number of ether oxygens (including phenoxy) is 1. The van der Waals surface area contributed by atoms with Crippen molar-refractivity contribution in [3.63, 3.8) is 0 Å². The summed E-state index contributed by atoms with van der Waals surface area (Å²) in [6.07, 6.45) is 1.50. The van der Waals surface area contributed by atoms with Crippen LogP contribution in [0, 0.1) is 0 Å².